The van der Waals surface area contributed by atoms with Crippen LogP contribution in [0.1, 0.15) is 40.5 Å². The first-order valence-corrected chi connectivity index (χ1v) is 10.9. The van der Waals surface area contributed by atoms with Crippen molar-refractivity contribution in [3.8, 4) is 5.75 Å². The van der Waals surface area contributed by atoms with Gasteiger partial charge in [0.1, 0.15) is 11.5 Å². The number of nitrogens with one attached hydrogen (secondary N) is 1. The van der Waals surface area contributed by atoms with Gasteiger partial charge in [-0.25, -0.2) is 0 Å². The Balaban J connectivity index is 1.62. The van der Waals surface area contributed by atoms with Gasteiger partial charge in [0, 0.05) is 23.3 Å². The number of furan rings is 1. The molecule has 2 atom stereocenters. The summed E-state index contributed by atoms with van der Waals surface area (Å²) in [5.41, 5.74) is 5.32. The van der Waals surface area contributed by atoms with Crippen LogP contribution in [-0.4, -0.2) is 19.8 Å². The average Bonchev–Trinajstić information content (AvgIpc) is 3.50. The molecule has 0 bridgehead atoms. The van der Waals surface area contributed by atoms with Crippen LogP contribution >= 0.6 is 12.2 Å². The third kappa shape index (κ3) is 3.54. The Bertz CT molecular complexity index is 1230. The molecule has 0 radical (unpaired) electrons. The van der Waals surface area contributed by atoms with E-state index < -0.39 is 0 Å². The fraction of sp³-hybridized carbons (Fsp3) is 0.200. The van der Waals surface area contributed by atoms with Crippen LogP contribution in [0.2, 0.25) is 0 Å². The van der Waals surface area contributed by atoms with E-state index in [0.717, 1.165) is 28.5 Å². The maximum atomic E-state index is 9.80. The standard InChI is InChI=1S/C25H24N4O2S/c1-16-14-21(17(2)28(16)15-20-6-5-13-31-20)24-23(22-7-3-4-12-26-22)27-25(32)29(24)18-8-10-19(30)11-9-18/h3-14,23-24,30H,15H2,1-2H3,(H,27,32)/t23-,24-/m0/s1. The van der Waals surface area contributed by atoms with E-state index in [1.807, 2.05) is 42.5 Å². The highest BCUT2D eigenvalue weighted by Gasteiger charge is 2.42. The second kappa shape index (κ2) is 8.16. The van der Waals surface area contributed by atoms with Crippen LogP contribution in [-0.2, 0) is 6.54 Å². The van der Waals surface area contributed by atoms with Gasteiger partial charge in [0.05, 0.1) is 30.6 Å². The molecule has 2 N–H and O–H groups in total. The number of aryl methyl sites for hydroxylation is 1. The van der Waals surface area contributed by atoms with Crippen LogP contribution < -0.4 is 10.2 Å². The Morgan fingerprint density at radius 3 is 2.59 bits per heavy atom. The second-order valence-electron chi connectivity index (χ2n) is 8.00. The molecule has 0 spiro atoms. The number of nitrogens with zero attached hydrogens (tertiary/aromatic N) is 3. The first kappa shape index (κ1) is 20.3. The molecule has 1 aromatic carbocycles. The minimum Gasteiger partial charge on any atom is -0.508 e. The maximum absolute atomic E-state index is 9.80. The Hall–Kier alpha value is -3.58. The number of thiocarbonyl (C=S) groups is 1. The molecule has 0 aliphatic carbocycles. The van der Waals surface area contributed by atoms with Gasteiger partial charge in [-0.3, -0.25) is 4.98 Å². The molecular formula is C25H24N4O2S. The number of hydrogen-bond acceptors (Lipinski definition) is 4. The zero-order valence-electron chi connectivity index (χ0n) is 17.9. The van der Waals surface area contributed by atoms with Crippen LogP contribution in [0.15, 0.2) is 77.5 Å². The minimum absolute atomic E-state index is 0.0986. The number of hydrogen-bond donors (Lipinski definition) is 2. The van der Waals surface area contributed by atoms with Crippen molar-refractivity contribution in [1.29, 1.82) is 0 Å². The van der Waals surface area contributed by atoms with Crippen LogP contribution in [0.25, 0.3) is 0 Å². The van der Waals surface area contributed by atoms with Crippen LogP contribution in [0.3, 0.4) is 0 Å². The van der Waals surface area contributed by atoms with Gasteiger partial charge >= 0.3 is 0 Å². The molecule has 6 nitrogen and oxygen atoms in total. The molecule has 162 valence electrons. The lowest BCUT2D eigenvalue weighted by molar-refractivity contribution is 0.475. The number of anilines is 1. The molecule has 3 aromatic heterocycles. The van der Waals surface area contributed by atoms with Gasteiger partial charge < -0.3 is 24.3 Å². The fourth-order valence-corrected chi connectivity index (χ4v) is 4.84. The molecule has 1 aliphatic rings. The van der Waals surface area contributed by atoms with Gasteiger partial charge in [0.25, 0.3) is 0 Å². The zero-order chi connectivity index (χ0) is 22.2. The SMILES string of the molecule is Cc1cc([C@H]2[C@H](c3ccccn3)NC(=S)N2c2ccc(O)cc2)c(C)n1Cc1ccco1. The Kier molecular flexibility index (Phi) is 5.19. The molecule has 1 aliphatic heterocycles. The van der Waals surface area contributed by atoms with Crippen molar-refractivity contribution >= 4 is 23.0 Å². The van der Waals surface area contributed by atoms with Crippen molar-refractivity contribution in [1.82, 2.24) is 14.9 Å². The summed E-state index contributed by atoms with van der Waals surface area (Å²) in [6.07, 6.45) is 3.51. The first-order valence-electron chi connectivity index (χ1n) is 10.5. The summed E-state index contributed by atoms with van der Waals surface area (Å²) in [4.78, 5) is 6.74. The van der Waals surface area contributed by atoms with Gasteiger partial charge in [-0.1, -0.05) is 6.07 Å². The van der Waals surface area contributed by atoms with Gasteiger partial charge in [0.2, 0.25) is 0 Å². The quantitative estimate of drug-likeness (QED) is 0.421. The normalized spacial score (nSPS) is 18.2. The van der Waals surface area contributed by atoms with Crippen LogP contribution in [0.4, 0.5) is 5.69 Å². The molecule has 1 saturated heterocycles. The number of phenolic OH excluding ortho intramolecular Hbond substituents is 1. The lowest BCUT2D eigenvalue weighted by atomic mass is 9.96. The van der Waals surface area contributed by atoms with Crippen molar-refractivity contribution in [2.75, 3.05) is 4.90 Å². The summed E-state index contributed by atoms with van der Waals surface area (Å²) in [5, 5.41) is 13.9. The average molecular weight is 445 g/mol. The third-order valence-electron chi connectivity index (χ3n) is 6.05. The van der Waals surface area contributed by atoms with E-state index in [0.29, 0.717) is 11.7 Å². The summed E-state index contributed by atoms with van der Waals surface area (Å²) in [5.74, 6) is 1.14. The van der Waals surface area contributed by atoms with Crippen molar-refractivity contribution in [3.63, 3.8) is 0 Å². The monoisotopic (exact) mass is 444 g/mol. The molecule has 5 rings (SSSR count). The summed E-state index contributed by atoms with van der Waals surface area (Å²) in [6, 6.07) is 19.0. The van der Waals surface area contributed by atoms with Crippen molar-refractivity contribution in [2.45, 2.75) is 32.5 Å². The summed E-state index contributed by atoms with van der Waals surface area (Å²) in [7, 11) is 0. The molecule has 0 saturated carbocycles. The maximum Gasteiger partial charge on any atom is 0.174 e. The summed E-state index contributed by atoms with van der Waals surface area (Å²) >= 11 is 5.79. The molecule has 32 heavy (non-hydrogen) atoms. The molecule has 0 amide bonds. The lowest BCUT2D eigenvalue weighted by Gasteiger charge is -2.28. The first-order chi connectivity index (χ1) is 15.5. The highest BCUT2D eigenvalue weighted by atomic mass is 32.1. The molecule has 1 fully saturated rings. The Morgan fingerprint density at radius 2 is 1.91 bits per heavy atom. The largest absolute Gasteiger partial charge is 0.508 e. The Morgan fingerprint density at radius 1 is 1.09 bits per heavy atom. The minimum atomic E-state index is -0.116. The zero-order valence-corrected chi connectivity index (χ0v) is 18.7. The van der Waals surface area contributed by atoms with Gasteiger partial charge in [0.15, 0.2) is 5.11 Å². The van der Waals surface area contributed by atoms with E-state index in [9.17, 15) is 5.11 Å². The van der Waals surface area contributed by atoms with E-state index in [-0.39, 0.29) is 17.8 Å². The fourth-order valence-electron chi connectivity index (χ4n) is 4.49. The molecule has 4 aromatic rings. The van der Waals surface area contributed by atoms with Crippen molar-refractivity contribution < 1.29 is 9.52 Å². The number of aromatic nitrogens is 2. The predicted octanol–water partition coefficient (Wildman–Crippen LogP) is 5.02. The lowest BCUT2D eigenvalue weighted by Crippen LogP contribution is -2.29. The number of rotatable bonds is 5. The van der Waals surface area contributed by atoms with E-state index in [1.54, 1.807) is 24.6 Å². The Labute approximate surface area is 192 Å². The smallest absolute Gasteiger partial charge is 0.174 e. The molecule has 0 unspecified atom stereocenters. The van der Waals surface area contributed by atoms with E-state index in [2.05, 4.69) is 39.7 Å². The predicted molar refractivity (Wildman–Crippen MR) is 128 cm³/mol. The second-order valence-corrected chi connectivity index (χ2v) is 8.39. The third-order valence-corrected chi connectivity index (χ3v) is 6.37. The van der Waals surface area contributed by atoms with Gasteiger partial charge in [-0.2, -0.15) is 0 Å². The summed E-state index contributed by atoms with van der Waals surface area (Å²) in [6.45, 7) is 4.92. The number of aromatic hydroxyl groups is 1. The van der Waals surface area contributed by atoms with E-state index in [1.165, 1.54) is 5.56 Å². The highest BCUT2D eigenvalue weighted by Crippen LogP contribution is 2.43. The summed E-state index contributed by atoms with van der Waals surface area (Å²) < 4.78 is 7.86. The molecule has 4 heterocycles. The van der Waals surface area contributed by atoms with E-state index in [4.69, 9.17) is 16.6 Å². The van der Waals surface area contributed by atoms with Crippen molar-refractivity contribution in [2.24, 2.45) is 0 Å². The van der Waals surface area contributed by atoms with Crippen LogP contribution in [0, 0.1) is 13.8 Å². The highest BCUT2D eigenvalue weighted by molar-refractivity contribution is 7.80. The number of pyridine rings is 1. The van der Waals surface area contributed by atoms with Crippen LogP contribution in [0.5, 0.6) is 5.75 Å². The topological polar surface area (TPSA) is 66.5 Å². The van der Waals surface area contributed by atoms with Gasteiger partial charge in [-0.15, -0.1) is 0 Å². The van der Waals surface area contributed by atoms with E-state index >= 15 is 0 Å². The molecular weight excluding hydrogens is 420 g/mol. The molecule has 7 heteroatoms. The van der Waals surface area contributed by atoms with Gasteiger partial charge in [-0.05, 0) is 86.2 Å². The number of benzene rings is 1. The number of phenols is 1. The van der Waals surface area contributed by atoms with Crippen molar-refractivity contribution in [3.05, 3.63) is 102 Å².